The number of aliphatic hydroxyl groups is 2. The van der Waals surface area contributed by atoms with E-state index >= 15 is 0 Å². The normalized spacial score (nSPS) is 22.6. The highest BCUT2D eigenvalue weighted by Crippen LogP contribution is 2.35. The van der Waals surface area contributed by atoms with Crippen LogP contribution in [-0.4, -0.2) is 36.0 Å². The smallest absolute Gasteiger partial charge is 0.0584 e. The van der Waals surface area contributed by atoms with Gasteiger partial charge in [0.15, 0.2) is 0 Å². The Kier molecular flexibility index (Phi) is 5.58. The Bertz CT molecular complexity index is 163. The lowest BCUT2D eigenvalue weighted by molar-refractivity contribution is 0.0747. The van der Waals surface area contributed by atoms with E-state index in [1.807, 2.05) is 0 Å². The molecule has 0 spiro atoms. The first kappa shape index (κ1) is 12.9. The molecular weight excluding hydrogens is 190 g/mol. The van der Waals surface area contributed by atoms with Gasteiger partial charge in [-0.2, -0.15) is 0 Å². The maximum Gasteiger partial charge on any atom is 0.0584 e. The topological polar surface area (TPSA) is 52.5 Å². The van der Waals surface area contributed by atoms with E-state index in [4.69, 9.17) is 5.11 Å². The molecule has 3 nitrogen and oxygen atoms in total. The average molecular weight is 215 g/mol. The minimum atomic E-state index is 0.0842. The second kappa shape index (κ2) is 6.46. The molecule has 0 aromatic heterocycles. The van der Waals surface area contributed by atoms with Crippen LogP contribution in [0.4, 0.5) is 0 Å². The van der Waals surface area contributed by atoms with Gasteiger partial charge in [0.25, 0.3) is 0 Å². The Balaban J connectivity index is 2.38. The molecule has 1 aliphatic rings. The maximum absolute atomic E-state index is 9.50. The zero-order chi connectivity index (χ0) is 11.1. The standard InChI is InChI=1S/C12H25NO2/c1-2-11(8-14)13-9-12(10-15)6-4-3-5-7-12/h11,13-15H,2-10H2,1H3/t11-/m0/s1. The van der Waals surface area contributed by atoms with E-state index in [9.17, 15) is 5.11 Å². The van der Waals surface area contributed by atoms with Gasteiger partial charge in [-0.15, -0.1) is 0 Å². The average Bonchev–Trinajstić information content (AvgIpc) is 2.31. The Labute approximate surface area is 92.9 Å². The van der Waals surface area contributed by atoms with Crippen LogP contribution in [0.1, 0.15) is 45.4 Å². The van der Waals surface area contributed by atoms with Crippen LogP contribution in [0, 0.1) is 5.41 Å². The van der Waals surface area contributed by atoms with Gasteiger partial charge in [-0.05, 0) is 19.3 Å². The Morgan fingerprint density at radius 2 is 1.87 bits per heavy atom. The van der Waals surface area contributed by atoms with Gasteiger partial charge in [-0.1, -0.05) is 26.2 Å². The molecule has 1 fully saturated rings. The zero-order valence-electron chi connectivity index (χ0n) is 9.84. The van der Waals surface area contributed by atoms with E-state index in [1.165, 1.54) is 19.3 Å². The second-order valence-corrected chi connectivity index (χ2v) is 4.89. The predicted molar refractivity (Wildman–Crippen MR) is 61.8 cm³/mol. The Morgan fingerprint density at radius 3 is 2.33 bits per heavy atom. The highest BCUT2D eigenvalue weighted by atomic mass is 16.3. The van der Waals surface area contributed by atoms with E-state index in [0.29, 0.717) is 0 Å². The zero-order valence-corrected chi connectivity index (χ0v) is 9.84. The molecule has 3 N–H and O–H groups in total. The molecule has 1 atom stereocenters. The monoisotopic (exact) mass is 215 g/mol. The van der Waals surface area contributed by atoms with Crippen LogP contribution in [0.3, 0.4) is 0 Å². The van der Waals surface area contributed by atoms with E-state index in [0.717, 1.165) is 25.8 Å². The van der Waals surface area contributed by atoms with Gasteiger partial charge in [0.1, 0.15) is 0 Å². The predicted octanol–water partition coefficient (Wildman–Crippen LogP) is 1.29. The third-order valence-electron chi connectivity index (χ3n) is 3.73. The summed E-state index contributed by atoms with van der Waals surface area (Å²) in [6.07, 6.45) is 6.96. The van der Waals surface area contributed by atoms with Gasteiger partial charge in [-0.3, -0.25) is 0 Å². The van der Waals surface area contributed by atoms with Crippen LogP contribution < -0.4 is 5.32 Å². The van der Waals surface area contributed by atoms with Crippen molar-refractivity contribution in [3.8, 4) is 0 Å². The summed E-state index contributed by atoms with van der Waals surface area (Å²) in [6.45, 7) is 3.39. The van der Waals surface area contributed by atoms with Gasteiger partial charge in [0.05, 0.1) is 6.61 Å². The highest BCUT2D eigenvalue weighted by molar-refractivity contribution is 4.85. The molecule has 0 bridgehead atoms. The van der Waals surface area contributed by atoms with Crippen molar-refractivity contribution in [3.63, 3.8) is 0 Å². The molecule has 0 aromatic rings. The van der Waals surface area contributed by atoms with Gasteiger partial charge in [0, 0.05) is 24.6 Å². The lowest BCUT2D eigenvalue weighted by Gasteiger charge is -2.36. The van der Waals surface area contributed by atoms with Gasteiger partial charge in [0.2, 0.25) is 0 Å². The second-order valence-electron chi connectivity index (χ2n) is 4.89. The molecule has 1 aliphatic carbocycles. The summed E-state index contributed by atoms with van der Waals surface area (Å²) in [4.78, 5) is 0. The van der Waals surface area contributed by atoms with Crippen molar-refractivity contribution in [1.82, 2.24) is 5.32 Å². The SMILES string of the molecule is CC[C@@H](CO)NCC1(CO)CCCCC1. The van der Waals surface area contributed by atoms with E-state index in [2.05, 4.69) is 12.2 Å². The summed E-state index contributed by atoms with van der Waals surface area (Å²) in [5.74, 6) is 0. The molecule has 3 heteroatoms. The maximum atomic E-state index is 9.50. The van der Waals surface area contributed by atoms with Gasteiger partial charge >= 0.3 is 0 Å². The minimum Gasteiger partial charge on any atom is -0.396 e. The van der Waals surface area contributed by atoms with Crippen molar-refractivity contribution in [2.75, 3.05) is 19.8 Å². The van der Waals surface area contributed by atoms with Crippen molar-refractivity contribution >= 4 is 0 Å². The molecule has 15 heavy (non-hydrogen) atoms. The molecule has 0 aliphatic heterocycles. The summed E-state index contributed by atoms with van der Waals surface area (Å²) in [6, 6.07) is 0.190. The quantitative estimate of drug-likeness (QED) is 0.626. The van der Waals surface area contributed by atoms with Crippen LogP contribution in [-0.2, 0) is 0 Å². The Hall–Kier alpha value is -0.120. The summed E-state index contributed by atoms with van der Waals surface area (Å²) in [5, 5.41) is 22.0. The molecule has 0 aromatic carbocycles. The fourth-order valence-corrected chi connectivity index (χ4v) is 2.39. The molecule has 0 unspecified atom stereocenters. The fourth-order valence-electron chi connectivity index (χ4n) is 2.39. The molecule has 1 saturated carbocycles. The summed E-state index contributed by atoms with van der Waals surface area (Å²) >= 11 is 0. The summed E-state index contributed by atoms with van der Waals surface area (Å²) in [5.41, 5.74) is 0.0842. The third-order valence-corrected chi connectivity index (χ3v) is 3.73. The lowest BCUT2D eigenvalue weighted by Crippen LogP contribution is -2.44. The van der Waals surface area contributed by atoms with Crippen LogP contribution >= 0.6 is 0 Å². The third kappa shape index (κ3) is 3.74. The van der Waals surface area contributed by atoms with Crippen LogP contribution in [0.25, 0.3) is 0 Å². The summed E-state index contributed by atoms with van der Waals surface area (Å²) in [7, 11) is 0. The molecule has 0 amide bonds. The van der Waals surface area contributed by atoms with Crippen molar-refractivity contribution in [2.45, 2.75) is 51.5 Å². The first-order valence-electron chi connectivity index (χ1n) is 6.21. The molecular formula is C12H25NO2. The molecule has 0 radical (unpaired) electrons. The molecule has 0 heterocycles. The van der Waals surface area contributed by atoms with Gasteiger partial charge in [-0.25, -0.2) is 0 Å². The first-order valence-corrected chi connectivity index (χ1v) is 6.21. The van der Waals surface area contributed by atoms with E-state index in [1.54, 1.807) is 0 Å². The Morgan fingerprint density at radius 1 is 1.20 bits per heavy atom. The fraction of sp³-hybridized carbons (Fsp3) is 1.00. The van der Waals surface area contributed by atoms with Crippen molar-refractivity contribution < 1.29 is 10.2 Å². The largest absolute Gasteiger partial charge is 0.396 e. The first-order chi connectivity index (χ1) is 7.26. The van der Waals surface area contributed by atoms with Crippen LogP contribution in [0.5, 0.6) is 0 Å². The summed E-state index contributed by atoms with van der Waals surface area (Å²) < 4.78 is 0. The van der Waals surface area contributed by atoms with Crippen molar-refractivity contribution in [3.05, 3.63) is 0 Å². The molecule has 0 saturated heterocycles. The highest BCUT2D eigenvalue weighted by Gasteiger charge is 2.31. The number of rotatable bonds is 6. The van der Waals surface area contributed by atoms with Gasteiger partial charge < -0.3 is 15.5 Å². The molecule has 90 valence electrons. The number of nitrogens with one attached hydrogen (secondary N) is 1. The molecule has 1 rings (SSSR count). The van der Waals surface area contributed by atoms with Crippen LogP contribution in [0.2, 0.25) is 0 Å². The van der Waals surface area contributed by atoms with E-state index < -0.39 is 0 Å². The lowest BCUT2D eigenvalue weighted by atomic mass is 9.74. The number of aliphatic hydroxyl groups excluding tert-OH is 2. The van der Waals surface area contributed by atoms with Crippen LogP contribution in [0.15, 0.2) is 0 Å². The number of hydrogen-bond acceptors (Lipinski definition) is 3. The van der Waals surface area contributed by atoms with Crippen molar-refractivity contribution in [2.24, 2.45) is 5.41 Å². The van der Waals surface area contributed by atoms with Crippen molar-refractivity contribution in [1.29, 1.82) is 0 Å². The minimum absolute atomic E-state index is 0.0842. The number of hydrogen-bond donors (Lipinski definition) is 3. The van der Waals surface area contributed by atoms with E-state index in [-0.39, 0.29) is 24.7 Å².